The molecule has 31 heavy (non-hydrogen) atoms. The van der Waals surface area contributed by atoms with Gasteiger partial charge in [0.05, 0.1) is 37.3 Å². The molecular weight excluding hydrogens is 392 g/mol. The maximum Gasteiger partial charge on any atom is 0.258 e. The minimum Gasteiger partial charge on any atom is -0.497 e. The van der Waals surface area contributed by atoms with Gasteiger partial charge in [0.15, 0.2) is 6.04 Å². The Kier molecular flexibility index (Phi) is 5.72. The maximum atomic E-state index is 13.3. The summed E-state index contributed by atoms with van der Waals surface area (Å²) in [6, 6.07) is 8.01. The number of fused-ring (bicyclic) bond motifs is 1. The number of benzene rings is 1. The molecule has 3 aromatic rings. The number of pyridine rings is 1. The first-order valence-electron chi connectivity index (χ1n) is 11.6. The molecule has 1 aliphatic carbocycles. The molecule has 1 atom stereocenters. The largest absolute Gasteiger partial charge is 0.497 e. The van der Waals surface area contributed by atoms with Gasteiger partial charge in [-0.05, 0) is 72.5 Å². The molecule has 164 valence electrons. The lowest BCUT2D eigenvalue weighted by atomic mass is 10.0. The molecule has 0 spiro atoms. The summed E-state index contributed by atoms with van der Waals surface area (Å²) in [6.07, 6.45) is 9.46. The summed E-state index contributed by atoms with van der Waals surface area (Å²) in [5.74, 6) is 1.57. The Morgan fingerprint density at radius 3 is 2.61 bits per heavy atom. The number of likely N-dealkylation sites (tertiary alicyclic amines) is 1. The highest BCUT2D eigenvalue weighted by Gasteiger charge is 2.36. The lowest BCUT2D eigenvalue weighted by Crippen LogP contribution is -3.12. The summed E-state index contributed by atoms with van der Waals surface area (Å²) in [7, 11) is 1.63. The standard InChI is InChI=1S/C23H30N6O2/c1-31-18-11-10-16-14-19(23(30)24-20(16)15-18)21(28-12-6-2-3-7-13-28)22-25-26-27-29(22)17-8-4-5-9-17/h10-11,14-15,17,21H,2-9,12-13H2,1H3,(H,24,30)/p+1/t21-/m0/s1. The molecule has 3 heterocycles. The fraction of sp³-hybridized carbons (Fsp3) is 0.565. The van der Waals surface area contributed by atoms with Crippen LogP contribution in [-0.2, 0) is 0 Å². The van der Waals surface area contributed by atoms with Crippen molar-refractivity contribution in [1.82, 2.24) is 25.2 Å². The normalized spacial score (nSPS) is 19.5. The van der Waals surface area contributed by atoms with E-state index in [9.17, 15) is 4.79 Å². The summed E-state index contributed by atoms with van der Waals surface area (Å²) in [6.45, 7) is 2.06. The molecule has 2 N–H and O–H groups in total. The van der Waals surface area contributed by atoms with Crippen LogP contribution in [0.3, 0.4) is 0 Å². The molecule has 1 aromatic carbocycles. The Balaban J connectivity index is 1.63. The number of tetrazole rings is 1. The zero-order chi connectivity index (χ0) is 21.2. The van der Waals surface area contributed by atoms with Gasteiger partial charge in [0.1, 0.15) is 5.75 Å². The first kappa shape index (κ1) is 20.2. The molecule has 1 saturated carbocycles. The summed E-state index contributed by atoms with van der Waals surface area (Å²) in [5.41, 5.74) is 1.47. The van der Waals surface area contributed by atoms with Gasteiger partial charge in [-0.25, -0.2) is 4.68 Å². The van der Waals surface area contributed by atoms with Gasteiger partial charge in [-0.1, -0.05) is 12.8 Å². The molecule has 2 aromatic heterocycles. The molecule has 2 aliphatic rings. The number of hydrogen-bond donors (Lipinski definition) is 2. The van der Waals surface area contributed by atoms with E-state index < -0.39 is 0 Å². The highest BCUT2D eigenvalue weighted by molar-refractivity contribution is 5.80. The number of aromatic nitrogens is 5. The predicted octanol–water partition coefficient (Wildman–Crippen LogP) is 2.19. The fourth-order valence-corrected chi connectivity index (χ4v) is 5.35. The number of rotatable bonds is 5. The molecule has 1 saturated heterocycles. The lowest BCUT2D eigenvalue weighted by Gasteiger charge is -2.27. The van der Waals surface area contributed by atoms with Crippen LogP contribution in [0.1, 0.15) is 74.8 Å². The Morgan fingerprint density at radius 1 is 1.10 bits per heavy atom. The Morgan fingerprint density at radius 2 is 1.87 bits per heavy atom. The number of aromatic amines is 1. The predicted molar refractivity (Wildman–Crippen MR) is 117 cm³/mol. The minimum atomic E-state index is -0.163. The van der Waals surface area contributed by atoms with E-state index in [0.717, 1.165) is 54.0 Å². The first-order valence-corrected chi connectivity index (χ1v) is 11.6. The molecule has 5 rings (SSSR count). The van der Waals surface area contributed by atoms with Gasteiger partial charge < -0.3 is 14.6 Å². The van der Waals surface area contributed by atoms with Crippen molar-refractivity contribution in [2.75, 3.05) is 20.2 Å². The van der Waals surface area contributed by atoms with Crippen LogP contribution >= 0.6 is 0 Å². The topological polar surface area (TPSA) is 90.1 Å². The second-order valence-electron chi connectivity index (χ2n) is 8.93. The summed E-state index contributed by atoms with van der Waals surface area (Å²) in [4.78, 5) is 17.8. The Hall–Kier alpha value is -2.74. The minimum absolute atomic E-state index is 0.0662. The van der Waals surface area contributed by atoms with Gasteiger partial charge in [-0.2, -0.15) is 0 Å². The van der Waals surface area contributed by atoms with Crippen LogP contribution in [0.5, 0.6) is 5.75 Å². The summed E-state index contributed by atoms with van der Waals surface area (Å²) < 4.78 is 7.35. The van der Waals surface area contributed by atoms with Gasteiger partial charge in [0, 0.05) is 6.07 Å². The first-order chi connectivity index (χ1) is 15.2. The van der Waals surface area contributed by atoms with Gasteiger partial charge in [-0.15, -0.1) is 5.10 Å². The molecule has 0 unspecified atom stereocenters. The smallest absolute Gasteiger partial charge is 0.258 e. The third-order valence-corrected chi connectivity index (χ3v) is 6.99. The van der Waals surface area contributed by atoms with Crippen LogP contribution in [0.2, 0.25) is 0 Å². The van der Waals surface area contributed by atoms with Crippen molar-refractivity contribution in [2.45, 2.75) is 63.5 Å². The van der Waals surface area contributed by atoms with Crippen molar-refractivity contribution in [2.24, 2.45) is 0 Å². The van der Waals surface area contributed by atoms with Crippen molar-refractivity contribution >= 4 is 10.9 Å². The summed E-state index contributed by atoms with van der Waals surface area (Å²) >= 11 is 0. The highest BCUT2D eigenvalue weighted by Crippen LogP contribution is 2.31. The van der Waals surface area contributed by atoms with Crippen LogP contribution in [0.25, 0.3) is 10.9 Å². The van der Waals surface area contributed by atoms with E-state index in [1.165, 1.54) is 43.4 Å². The summed E-state index contributed by atoms with van der Waals surface area (Å²) in [5, 5.41) is 14.0. The van der Waals surface area contributed by atoms with Crippen LogP contribution < -0.4 is 15.2 Å². The van der Waals surface area contributed by atoms with Crippen molar-refractivity contribution in [3.8, 4) is 5.75 Å². The van der Waals surface area contributed by atoms with E-state index in [-0.39, 0.29) is 11.6 Å². The van der Waals surface area contributed by atoms with E-state index >= 15 is 0 Å². The van der Waals surface area contributed by atoms with Crippen LogP contribution in [0.4, 0.5) is 0 Å². The quantitative estimate of drug-likeness (QED) is 0.657. The van der Waals surface area contributed by atoms with Crippen molar-refractivity contribution in [1.29, 1.82) is 0 Å². The van der Waals surface area contributed by atoms with E-state index in [1.54, 1.807) is 7.11 Å². The van der Waals surface area contributed by atoms with E-state index in [0.29, 0.717) is 6.04 Å². The number of nitrogens with one attached hydrogen (secondary N) is 2. The molecule has 0 radical (unpaired) electrons. The molecule has 8 nitrogen and oxygen atoms in total. The van der Waals surface area contributed by atoms with Crippen LogP contribution in [0.15, 0.2) is 29.1 Å². The van der Waals surface area contributed by atoms with E-state index in [2.05, 4.69) is 20.5 Å². The SMILES string of the molecule is COc1ccc2cc([C@@H](c3nnnn3C3CCCC3)[NH+]3CCCCCC3)c(=O)[nH]c2c1. The number of methoxy groups -OCH3 is 1. The van der Waals surface area contributed by atoms with Gasteiger partial charge in [0.25, 0.3) is 5.56 Å². The molecule has 1 aliphatic heterocycles. The third kappa shape index (κ3) is 3.96. The maximum absolute atomic E-state index is 13.3. The zero-order valence-electron chi connectivity index (χ0n) is 18.1. The van der Waals surface area contributed by atoms with Crippen LogP contribution in [-0.4, -0.2) is 45.4 Å². The second-order valence-corrected chi connectivity index (χ2v) is 8.93. The number of H-pyrrole nitrogens is 1. The second kappa shape index (κ2) is 8.78. The Bertz CT molecular complexity index is 1090. The molecule has 0 amide bonds. The third-order valence-electron chi connectivity index (χ3n) is 6.99. The fourth-order valence-electron chi connectivity index (χ4n) is 5.35. The van der Waals surface area contributed by atoms with Crippen molar-refractivity contribution in [3.05, 3.63) is 46.0 Å². The van der Waals surface area contributed by atoms with Crippen molar-refractivity contribution < 1.29 is 9.64 Å². The molecule has 2 fully saturated rings. The lowest BCUT2D eigenvalue weighted by molar-refractivity contribution is -0.925. The highest BCUT2D eigenvalue weighted by atomic mass is 16.5. The average Bonchev–Trinajstić information content (AvgIpc) is 3.41. The van der Waals surface area contributed by atoms with E-state index in [4.69, 9.17) is 4.74 Å². The van der Waals surface area contributed by atoms with Crippen molar-refractivity contribution in [3.63, 3.8) is 0 Å². The number of quaternary nitrogens is 1. The van der Waals surface area contributed by atoms with Gasteiger partial charge in [-0.3, -0.25) is 4.79 Å². The molecule has 0 bridgehead atoms. The van der Waals surface area contributed by atoms with E-state index in [1.807, 2.05) is 28.9 Å². The average molecular weight is 424 g/mol. The number of ether oxygens (including phenoxy) is 1. The monoisotopic (exact) mass is 423 g/mol. The molecular formula is C23H31N6O2+. The van der Waals surface area contributed by atoms with Gasteiger partial charge >= 0.3 is 0 Å². The Labute approximate surface area is 181 Å². The molecule has 8 heteroatoms. The number of hydrogen-bond acceptors (Lipinski definition) is 5. The zero-order valence-corrected chi connectivity index (χ0v) is 18.1. The van der Waals surface area contributed by atoms with Crippen LogP contribution in [0, 0.1) is 0 Å². The number of nitrogens with zero attached hydrogens (tertiary/aromatic N) is 4. The van der Waals surface area contributed by atoms with Gasteiger partial charge in [0.2, 0.25) is 5.82 Å².